The molecule has 0 aliphatic heterocycles. The van der Waals surface area contributed by atoms with Gasteiger partial charge in [-0.25, -0.2) is 22.5 Å². The molecule has 2 aromatic carbocycles. The zero-order valence-corrected chi connectivity index (χ0v) is 21.7. The van der Waals surface area contributed by atoms with Gasteiger partial charge in [0, 0.05) is 43.1 Å². The van der Waals surface area contributed by atoms with Crippen LogP contribution in [0.2, 0.25) is 0 Å². The molecule has 4 aromatic rings. The molecule has 5 nitrogen and oxygen atoms in total. The second-order valence-electron chi connectivity index (χ2n) is 8.43. The van der Waals surface area contributed by atoms with Crippen molar-refractivity contribution in [2.75, 3.05) is 18.9 Å². The highest BCUT2D eigenvalue weighted by Gasteiger charge is 2.32. The molecule has 2 heterocycles. The maximum Gasteiger partial charge on any atom is 0.270 e. The first-order chi connectivity index (χ1) is 17.4. The van der Waals surface area contributed by atoms with Gasteiger partial charge < -0.3 is 11.1 Å². The van der Waals surface area contributed by atoms with Gasteiger partial charge in [-0.1, -0.05) is 30.9 Å². The van der Waals surface area contributed by atoms with E-state index in [9.17, 15) is 17.6 Å². The molecule has 3 N–H and O–H groups in total. The number of hydrogen-bond donors (Lipinski definition) is 2. The van der Waals surface area contributed by atoms with Crippen LogP contribution in [0.25, 0.3) is 23.6 Å². The molecule has 0 radical (unpaired) electrons. The Morgan fingerprint density at radius 2 is 1.81 bits per heavy atom. The van der Waals surface area contributed by atoms with Gasteiger partial charge in [0.2, 0.25) is 0 Å². The lowest BCUT2D eigenvalue weighted by molar-refractivity contribution is 0.00990. The minimum Gasteiger partial charge on any atom is -0.365 e. The van der Waals surface area contributed by atoms with Crippen LogP contribution in [0, 0.1) is 0 Å². The summed E-state index contributed by atoms with van der Waals surface area (Å²) in [6.07, 6.45) is 5.48. The molecular weight excluding hydrogens is 502 g/mol. The Balaban J connectivity index is 0.00000186. The normalized spacial score (nSPS) is 12.4. The van der Waals surface area contributed by atoms with Gasteiger partial charge in [0.25, 0.3) is 11.8 Å². The summed E-state index contributed by atoms with van der Waals surface area (Å²) in [5, 5.41) is 8.49. The predicted octanol–water partition coefficient (Wildman–Crippen LogP) is 5.18. The lowest BCUT2D eigenvalue weighted by Gasteiger charge is -2.19. The fourth-order valence-electron chi connectivity index (χ4n) is 3.76. The van der Waals surface area contributed by atoms with Crippen molar-refractivity contribution < 1.29 is 17.6 Å². The van der Waals surface area contributed by atoms with E-state index in [1.807, 2.05) is 24.3 Å². The number of fused-ring (bicyclic) bond motifs is 1. The number of thiazole rings is 1. The highest BCUT2D eigenvalue weighted by molar-refractivity contribution is 7.07. The van der Waals surface area contributed by atoms with Crippen molar-refractivity contribution >= 4 is 40.7 Å². The number of alkyl halides is 4. The molecule has 196 valence electrons. The van der Waals surface area contributed by atoms with Gasteiger partial charge >= 0.3 is 0 Å². The minimum absolute atomic E-state index is 0.0252. The third-order valence-electron chi connectivity index (χ3n) is 5.41. The zero-order valence-electron chi connectivity index (χ0n) is 20.9. The van der Waals surface area contributed by atoms with Crippen molar-refractivity contribution in [3.8, 4) is 0 Å². The van der Waals surface area contributed by atoms with Crippen molar-refractivity contribution in [3.63, 3.8) is 0 Å². The standard InChI is InChI=1S/C26H24F4N4S.CH5N/c1-5-10-31-24-23(35-16(2)32-24)12-17-6-9-22-19(11-17)15-34(33-22)14-18-7-8-20(25(3,27)28)13-21(18)26(4,29)30;1-2/h5-9,11-13,15H,1-2,10,14H2,3-4H3,(H,31,32);2H2,1H3/b23-12-;. The van der Waals surface area contributed by atoms with E-state index in [4.69, 9.17) is 0 Å². The maximum absolute atomic E-state index is 14.3. The van der Waals surface area contributed by atoms with Crippen LogP contribution < -0.4 is 20.2 Å². The molecular formula is C27H29F4N5S. The Hall–Kier alpha value is -3.50. The highest BCUT2D eigenvalue weighted by Crippen LogP contribution is 2.35. The van der Waals surface area contributed by atoms with E-state index in [1.165, 1.54) is 30.5 Å². The molecule has 2 aromatic heterocycles. The molecule has 37 heavy (non-hydrogen) atoms. The molecule has 0 unspecified atom stereocenters. The highest BCUT2D eigenvalue weighted by atomic mass is 32.1. The fourth-order valence-corrected chi connectivity index (χ4v) is 4.56. The Morgan fingerprint density at radius 1 is 1.08 bits per heavy atom. The molecule has 0 bridgehead atoms. The Morgan fingerprint density at radius 3 is 2.46 bits per heavy atom. The van der Waals surface area contributed by atoms with Gasteiger partial charge in [-0.05, 0) is 42.4 Å². The number of nitrogens with two attached hydrogens (primary N) is 1. The van der Waals surface area contributed by atoms with Crippen molar-refractivity contribution in [1.82, 2.24) is 14.8 Å². The first kappa shape index (κ1) is 28.1. The predicted molar refractivity (Wildman–Crippen MR) is 144 cm³/mol. The minimum atomic E-state index is -3.27. The monoisotopic (exact) mass is 531 g/mol. The fraction of sp³-hybridized carbons (Fsp3) is 0.259. The lowest BCUT2D eigenvalue weighted by atomic mass is 9.97. The second-order valence-corrected chi connectivity index (χ2v) is 9.54. The summed E-state index contributed by atoms with van der Waals surface area (Å²) < 4.78 is 59.1. The number of benzene rings is 2. The molecule has 0 atom stereocenters. The lowest BCUT2D eigenvalue weighted by Crippen LogP contribution is -2.16. The summed E-state index contributed by atoms with van der Waals surface area (Å²) in [5.74, 6) is -5.76. The van der Waals surface area contributed by atoms with Gasteiger partial charge in [0.1, 0.15) is 10.5 Å². The second kappa shape index (κ2) is 11.3. The van der Waals surface area contributed by atoms with Crippen LogP contribution in [0.1, 0.15) is 36.1 Å². The summed E-state index contributed by atoms with van der Waals surface area (Å²) in [6.45, 7) is 9.60. The topological polar surface area (TPSA) is 68.8 Å². The van der Waals surface area contributed by atoms with E-state index in [0.717, 1.165) is 27.4 Å². The van der Waals surface area contributed by atoms with Crippen molar-refractivity contribution in [2.24, 2.45) is 5.73 Å². The van der Waals surface area contributed by atoms with Crippen LogP contribution in [0.3, 0.4) is 0 Å². The first-order valence-electron chi connectivity index (χ1n) is 11.4. The van der Waals surface area contributed by atoms with Crippen LogP contribution in [-0.4, -0.2) is 28.4 Å². The van der Waals surface area contributed by atoms with Gasteiger partial charge in [-0.3, -0.25) is 4.68 Å². The molecule has 0 spiro atoms. The molecule has 0 aliphatic rings. The first-order valence-corrected chi connectivity index (χ1v) is 12.2. The SMILES string of the molecule is C=CCNc1nc(=C)s/c1=C\c1ccc2nn(Cc3ccc(C(C)(F)F)cc3C(C)(F)F)cc2c1.CN. The average Bonchev–Trinajstić information content (AvgIpc) is 3.39. The molecule has 4 rings (SSSR count). The molecule has 0 fully saturated rings. The van der Waals surface area contributed by atoms with E-state index in [2.05, 4.69) is 34.3 Å². The third kappa shape index (κ3) is 6.84. The van der Waals surface area contributed by atoms with E-state index < -0.39 is 23.0 Å². The number of nitrogens with one attached hydrogen (secondary N) is 1. The zero-order chi connectivity index (χ0) is 27.4. The number of nitrogens with zero attached hydrogens (tertiary/aromatic N) is 3. The van der Waals surface area contributed by atoms with Crippen LogP contribution in [0.5, 0.6) is 0 Å². The Labute approximate surface area is 216 Å². The Bertz CT molecular complexity index is 1500. The summed E-state index contributed by atoms with van der Waals surface area (Å²) in [4.78, 5) is 4.40. The molecule has 10 heteroatoms. The molecule has 0 amide bonds. The maximum atomic E-state index is 14.3. The van der Waals surface area contributed by atoms with Gasteiger partial charge in [-0.2, -0.15) is 5.10 Å². The number of hydrogen-bond acceptors (Lipinski definition) is 5. The van der Waals surface area contributed by atoms with Crippen molar-refractivity contribution in [3.05, 3.63) is 86.7 Å². The Kier molecular flexibility index (Phi) is 8.55. The quantitative estimate of drug-likeness (QED) is 0.243. The van der Waals surface area contributed by atoms with E-state index >= 15 is 0 Å². The van der Waals surface area contributed by atoms with Crippen LogP contribution in [0.4, 0.5) is 23.4 Å². The van der Waals surface area contributed by atoms with Crippen LogP contribution >= 0.6 is 11.3 Å². The summed E-state index contributed by atoms with van der Waals surface area (Å²) >= 11 is 1.46. The van der Waals surface area contributed by atoms with E-state index in [-0.39, 0.29) is 12.1 Å². The van der Waals surface area contributed by atoms with Crippen molar-refractivity contribution in [2.45, 2.75) is 32.2 Å². The summed E-state index contributed by atoms with van der Waals surface area (Å²) in [6, 6.07) is 9.08. The van der Waals surface area contributed by atoms with Gasteiger partial charge in [0.15, 0.2) is 0 Å². The van der Waals surface area contributed by atoms with E-state index in [0.29, 0.717) is 30.6 Å². The van der Waals surface area contributed by atoms with Gasteiger partial charge in [-0.15, -0.1) is 17.9 Å². The van der Waals surface area contributed by atoms with Crippen LogP contribution in [-0.2, 0) is 18.4 Å². The number of rotatable bonds is 8. The summed E-state index contributed by atoms with van der Waals surface area (Å²) in [7, 11) is 1.50. The van der Waals surface area contributed by atoms with Crippen LogP contribution in [0.15, 0.2) is 55.3 Å². The number of anilines is 1. The molecule has 0 aliphatic carbocycles. The van der Waals surface area contributed by atoms with Gasteiger partial charge in [0.05, 0.1) is 16.6 Å². The smallest absolute Gasteiger partial charge is 0.270 e. The van der Waals surface area contributed by atoms with E-state index in [1.54, 1.807) is 17.0 Å². The molecule has 0 saturated carbocycles. The molecule has 0 saturated heterocycles. The number of aromatic nitrogens is 3. The largest absolute Gasteiger partial charge is 0.365 e. The average molecular weight is 532 g/mol. The summed E-state index contributed by atoms with van der Waals surface area (Å²) in [5.41, 5.74) is 5.46. The third-order valence-corrected chi connectivity index (χ3v) is 6.27. The van der Waals surface area contributed by atoms with Crippen molar-refractivity contribution in [1.29, 1.82) is 0 Å². The number of halogens is 4.